The SMILES string of the molecule is CC1(C)OB(c2cnn(C(c3ccccc3)C3CCOCC3)c2)OC1(C)C. The molecule has 144 valence electrons. The molecule has 6 heteroatoms. The van der Waals surface area contributed by atoms with Crippen LogP contribution in [0.4, 0.5) is 0 Å². The highest BCUT2D eigenvalue weighted by Gasteiger charge is 2.52. The second-order valence-electron chi connectivity index (χ2n) is 8.65. The normalized spacial score (nSPS) is 23.5. The van der Waals surface area contributed by atoms with Crippen LogP contribution in [0, 0.1) is 5.92 Å². The summed E-state index contributed by atoms with van der Waals surface area (Å²) in [6.07, 6.45) is 6.07. The Balaban J connectivity index is 1.63. The molecule has 0 aliphatic carbocycles. The maximum Gasteiger partial charge on any atom is 0.498 e. The van der Waals surface area contributed by atoms with Crippen molar-refractivity contribution in [2.24, 2.45) is 5.92 Å². The number of nitrogens with zero attached hydrogens (tertiary/aromatic N) is 2. The zero-order valence-corrected chi connectivity index (χ0v) is 16.7. The molecule has 4 rings (SSSR count). The summed E-state index contributed by atoms with van der Waals surface area (Å²) in [6.45, 7) is 9.94. The molecule has 1 unspecified atom stereocenters. The van der Waals surface area contributed by atoms with E-state index in [4.69, 9.17) is 19.1 Å². The number of benzene rings is 1. The van der Waals surface area contributed by atoms with Crippen molar-refractivity contribution in [2.45, 2.75) is 57.8 Å². The fraction of sp³-hybridized carbons (Fsp3) is 0.571. The van der Waals surface area contributed by atoms with E-state index in [0.717, 1.165) is 31.5 Å². The predicted molar refractivity (Wildman–Crippen MR) is 106 cm³/mol. The Hall–Kier alpha value is -1.63. The van der Waals surface area contributed by atoms with Crippen LogP contribution in [-0.4, -0.2) is 41.3 Å². The first kappa shape index (κ1) is 18.7. The van der Waals surface area contributed by atoms with Gasteiger partial charge in [-0.25, -0.2) is 0 Å². The van der Waals surface area contributed by atoms with Gasteiger partial charge in [0.1, 0.15) is 0 Å². The third kappa shape index (κ3) is 3.58. The Morgan fingerprint density at radius 2 is 1.67 bits per heavy atom. The predicted octanol–water partition coefficient (Wildman–Crippen LogP) is 3.20. The van der Waals surface area contributed by atoms with E-state index in [1.165, 1.54) is 5.56 Å². The molecule has 2 aliphatic rings. The molecule has 2 fully saturated rings. The topological polar surface area (TPSA) is 45.5 Å². The lowest BCUT2D eigenvalue weighted by Crippen LogP contribution is -2.41. The first-order valence-corrected chi connectivity index (χ1v) is 9.90. The van der Waals surface area contributed by atoms with Crippen LogP contribution < -0.4 is 5.46 Å². The Morgan fingerprint density at radius 1 is 1.04 bits per heavy atom. The fourth-order valence-electron chi connectivity index (χ4n) is 3.93. The van der Waals surface area contributed by atoms with E-state index in [9.17, 15) is 0 Å². The van der Waals surface area contributed by atoms with E-state index in [1.54, 1.807) is 0 Å². The smallest absolute Gasteiger partial charge is 0.399 e. The molecule has 0 saturated carbocycles. The highest BCUT2D eigenvalue weighted by atomic mass is 16.7. The van der Waals surface area contributed by atoms with Crippen molar-refractivity contribution in [2.75, 3.05) is 13.2 Å². The van der Waals surface area contributed by atoms with Crippen molar-refractivity contribution in [1.29, 1.82) is 0 Å². The van der Waals surface area contributed by atoms with Gasteiger partial charge in [0.15, 0.2) is 0 Å². The van der Waals surface area contributed by atoms with Gasteiger partial charge >= 0.3 is 7.12 Å². The van der Waals surface area contributed by atoms with Gasteiger partial charge in [0.25, 0.3) is 0 Å². The summed E-state index contributed by atoms with van der Waals surface area (Å²) < 4.78 is 20.1. The lowest BCUT2D eigenvalue weighted by atomic mass is 9.81. The minimum Gasteiger partial charge on any atom is -0.399 e. The highest BCUT2D eigenvalue weighted by Crippen LogP contribution is 2.37. The standard InChI is InChI=1S/C21H29BN2O3/c1-20(2)21(3,4)27-22(26-20)18-14-23-24(15-18)19(16-8-6-5-7-9-16)17-10-12-25-13-11-17/h5-9,14-15,17,19H,10-13H2,1-4H3. The van der Waals surface area contributed by atoms with Crippen LogP contribution in [0.5, 0.6) is 0 Å². The first-order valence-electron chi connectivity index (χ1n) is 9.90. The average molecular weight is 368 g/mol. The van der Waals surface area contributed by atoms with E-state index in [-0.39, 0.29) is 24.4 Å². The average Bonchev–Trinajstić information content (AvgIpc) is 3.20. The summed E-state index contributed by atoms with van der Waals surface area (Å²) >= 11 is 0. The van der Waals surface area contributed by atoms with Crippen LogP contribution in [0.3, 0.4) is 0 Å². The first-order chi connectivity index (χ1) is 12.9. The largest absolute Gasteiger partial charge is 0.498 e. The van der Waals surface area contributed by atoms with Gasteiger partial charge in [0.2, 0.25) is 0 Å². The zero-order chi connectivity index (χ0) is 19.1. The fourth-order valence-corrected chi connectivity index (χ4v) is 3.93. The Kier molecular flexibility index (Phi) is 4.91. The summed E-state index contributed by atoms with van der Waals surface area (Å²) in [5.41, 5.74) is 1.56. The second-order valence-corrected chi connectivity index (χ2v) is 8.65. The molecule has 1 aromatic heterocycles. The zero-order valence-electron chi connectivity index (χ0n) is 16.7. The highest BCUT2D eigenvalue weighted by molar-refractivity contribution is 6.62. The molecule has 0 bridgehead atoms. The van der Waals surface area contributed by atoms with Gasteiger partial charge in [0, 0.05) is 31.1 Å². The van der Waals surface area contributed by atoms with Gasteiger partial charge < -0.3 is 14.0 Å². The van der Waals surface area contributed by atoms with E-state index in [0.29, 0.717) is 5.92 Å². The quantitative estimate of drug-likeness (QED) is 0.778. The monoisotopic (exact) mass is 368 g/mol. The molecule has 1 atom stereocenters. The van der Waals surface area contributed by atoms with E-state index in [1.807, 2.05) is 6.20 Å². The van der Waals surface area contributed by atoms with Crippen molar-refractivity contribution in [3.05, 3.63) is 48.3 Å². The maximum atomic E-state index is 6.20. The summed E-state index contributed by atoms with van der Waals surface area (Å²) in [7, 11) is -0.380. The molecule has 5 nitrogen and oxygen atoms in total. The van der Waals surface area contributed by atoms with E-state index >= 15 is 0 Å². The molecule has 27 heavy (non-hydrogen) atoms. The van der Waals surface area contributed by atoms with Crippen LogP contribution in [0.1, 0.15) is 52.1 Å². The Morgan fingerprint density at radius 3 is 2.30 bits per heavy atom. The number of hydrogen-bond donors (Lipinski definition) is 0. The Labute approximate surface area is 162 Å². The van der Waals surface area contributed by atoms with Crippen molar-refractivity contribution in [3.63, 3.8) is 0 Å². The molecule has 0 spiro atoms. The second kappa shape index (κ2) is 7.08. The van der Waals surface area contributed by atoms with E-state index in [2.05, 4.69) is 68.9 Å². The van der Waals surface area contributed by atoms with Crippen molar-refractivity contribution in [1.82, 2.24) is 9.78 Å². The summed E-state index contributed by atoms with van der Waals surface area (Å²) in [6, 6.07) is 10.8. The van der Waals surface area contributed by atoms with Gasteiger partial charge in [-0.2, -0.15) is 5.10 Å². The van der Waals surface area contributed by atoms with Gasteiger partial charge in [-0.05, 0) is 52.0 Å². The number of hydrogen-bond acceptors (Lipinski definition) is 4. The summed E-state index contributed by atoms with van der Waals surface area (Å²) in [4.78, 5) is 0. The molecule has 1 aromatic carbocycles. The van der Waals surface area contributed by atoms with Crippen molar-refractivity contribution < 1.29 is 14.0 Å². The minimum absolute atomic E-state index is 0.200. The lowest BCUT2D eigenvalue weighted by molar-refractivity contribution is 0.00578. The number of ether oxygens (including phenoxy) is 1. The molecule has 3 heterocycles. The molecule has 0 amide bonds. The Bertz CT molecular complexity index is 753. The summed E-state index contributed by atoms with van der Waals surface area (Å²) in [5, 5.41) is 4.72. The van der Waals surface area contributed by atoms with Gasteiger partial charge in [0.05, 0.1) is 17.2 Å². The van der Waals surface area contributed by atoms with Crippen molar-refractivity contribution >= 4 is 12.6 Å². The van der Waals surface area contributed by atoms with Crippen LogP contribution in [0.2, 0.25) is 0 Å². The van der Waals surface area contributed by atoms with Gasteiger partial charge in [-0.3, -0.25) is 4.68 Å². The molecule has 0 radical (unpaired) electrons. The van der Waals surface area contributed by atoms with Crippen LogP contribution in [0.25, 0.3) is 0 Å². The molecule has 0 N–H and O–H groups in total. The van der Waals surface area contributed by atoms with Crippen LogP contribution in [-0.2, 0) is 14.0 Å². The molecule has 2 aliphatic heterocycles. The van der Waals surface area contributed by atoms with Crippen molar-refractivity contribution in [3.8, 4) is 0 Å². The molecular formula is C21H29BN2O3. The summed E-state index contributed by atoms with van der Waals surface area (Å²) in [5.74, 6) is 0.507. The van der Waals surface area contributed by atoms with Crippen LogP contribution >= 0.6 is 0 Å². The third-order valence-corrected chi connectivity index (χ3v) is 6.29. The molecule has 2 aromatic rings. The minimum atomic E-state index is -0.380. The van der Waals surface area contributed by atoms with Crippen LogP contribution in [0.15, 0.2) is 42.7 Å². The lowest BCUT2D eigenvalue weighted by Gasteiger charge is -2.32. The molecule has 2 saturated heterocycles. The maximum absolute atomic E-state index is 6.20. The third-order valence-electron chi connectivity index (χ3n) is 6.29. The number of rotatable bonds is 4. The van der Waals surface area contributed by atoms with Gasteiger partial charge in [-0.1, -0.05) is 30.3 Å². The van der Waals surface area contributed by atoms with Gasteiger partial charge in [-0.15, -0.1) is 0 Å². The number of aromatic nitrogens is 2. The molecular weight excluding hydrogens is 339 g/mol. The van der Waals surface area contributed by atoms with E-state index < -0.39 is 0 Å².